The zero-order valence-electron chi connectivity index (χ0n) is 13.7. The predicted octanol–water partition coefficient (Wildman–Crippen LogP) is 4.51. The van der Waals surface area contributed by atoms with Crippen LogP contribution < -0.4 is 4.74 Å². The highest BCUT2D eigenvalue weighted by atomic mass is 16.7. The quantitative estimate of drug-likeness (QED) is 0.712. The summed E-state index contributed by atoms with van der Waals surface area (Å²) in [6, 6.07) is 16.0. The molecule has 2 heterocycles. The monoisotopic (exact) mass is 320 g/mol. The first-order valence-corrected chi connectivity index (χ1v) is 8.42. The number of nitrogens with zero attached hydrogens (tertiary/aromatic N) is 2. The second-order valence-corrected chi connectivity index (χ2v) is 6.08. The smallest absolute Gasteiger partial charge is 0.199 e. The largest absolute Gasteiger partial charge is 0.465 e. The lowest BCUT2D eigenvalue weighted by Crippen LogP contribution is -2.24. The summed E-state index contributed by atoms with van der Waals surface area (Å²) in [6.07, 6.45) is 3.12. The third-order valence-corrected chi connectivity index (χ3v) is 4.28. The van der Waals surface area contributed by atoms with E-state index in [-0.39, 0.29) is 6.29 Å². The van der Waals surface area contributed by atoms with Crippen LogP contribution in [0.25, 0.3) is 22.3 Å². The molecule has 0 bridgehead atoms. The lowest BCUT2D eigenvalue weighted by Gasteiger charge is -2.23. The third kappa shape index (κ3) is 3.10. The van der Waals surface area contributed by atoms with Crippen LogP contribution in [0.15, 0.2) is 48.5 Å². The lowest BCUT2D eigenvalue weighted by molar-refractivity contribution is -0.105. The third-order valence-electron chi connectivity index (χ3n) is 4.28. The molecule has 4 heteroatoms. The summed E-state index contributed by atoms with van der Waals surface area (Å²) in [4.78, 5) is 9.42. The van der Waals surface area contributed by atoms with E-state index in [9.17, 15) is 0 Å². The van der Waals surface area contributed by atoms with Gasteiger partial charge in [0.25, 0.3) is 0 Å². The van der Waals surface area contributed by atoms with E-state index in [0.717, 1.165) is 59.6 Å². The first-order valence-electron chi connectivity index (χ1n) is 8.42. The maximum atomic E-state index is 5.89. The summed E-state index contributed by atoms with van der Waals surface area (Å²) in [5.41, 5.74) is 4.72. The molecule has 1 atom stereocenters. The van der Waals surface area contributed by atoms with Crippen molar-refractivity contribution in [2.45, 2.75) is 32.5 Å². The minimum absolute atomic E-state index is 0.119. The highest BCUT2D eigenvalue weighted by molar-refractivity contribution is 5.78. The molecule has 4 rings (SSSR count). The van der Waals surface area contributed by atoms with Crippen molar-refractivity contribution in [1.29, 1.82) is 0 Å². The lowest BCUT2D eigenvalue weighted by atomic mass is 10.1. The van der Waals surface area contributed by atoms with E-state index in [1.54, 1.807) is 0 Å². The highest BCUT2D eigenvalue weighted by Crippen LogP contribution is 2.26. The van der Waals surface area contributed by atoms with Gasteiger partial charge in [0.05, 0.1) is 29.0 Å². The Morgan fingerprint density at radius 1 is 0.958 bits per heavy atom. The molecule has 1 aliphatic rings. The van der Waals surface area contributed by atoms with Gasteiger partial charge in [-0.2, -0.15) is 0 Å². The van der Waals surface area contributed by atoms with Crippen LogP contribution >= 0.6 is 0 Å². The van der Waals surface area contributed by atoms with E-state index in [1.165, 1.54) is 0 Å². The number of rotatable bonds is 3. The average Bonchev–Trinajstić information content (AvgIpc) is 2.63. The highest BCUT2D eigenvalue weighted by Gasteiger charge is 2.15. The van der Waals surface area contributed by atoms with Crippen molar-refractivity contribution in [3.8, 4) is 17.0 Å². The molecule has 0 aliphatic carbocycles. The minimum atomic E-state index is -0.119. The summed E-state index contributed by atoms with van der Waals surface area (Å²) in [6.45, 7) is 2.78. The number of benzene rings is 2. The first kappa shape index (κ1) is 15.1. The number of ether oxygens (including phenoxy) is 2. The fraction of sp³-hybridized carbons (Fsp3) is 0.300. The van der Waals surface area contributed by atoms with Crippen molar-refractivity contribution < 1.29 is 9.47 Å². The average molecular weight is 320 g/mol. The zero-order valence-corrected chi connectivity index (χ0v) is 13.7. The normalized spacial score (nSPS) is 17.8. The maximum absolute atomic E-state index is 5.89. The molecule has 0 saturated carbocycles. The Morgan fingerprint density at radius 2 is 1.71 bits per heavy atom. The number of aromatic nitrogens is 2. The Bertz CT molecular complexity index is 840. The van der Waals surface area contributed by atoms with Crippen molar-refractivity contribution in [2.24, 2.45) is 0 Å². The van der Waals surface area contributed by atoms with Crippen LogP contribution in [0.2, 0.25) is 0 Å². The molecule has 122 valence electrons. The molecule has 1 aliphatic heterocycles. The van der Waals surface area contributed by atoms with E-state index in [2.05, 4.69) is 4.98 Å². The summed E-state index contributed by atoms with van der Waals surface area (Å²) >= 11 is 0. The fourth-order valence-corrected chi connectivity index (χ4v) is 3.01. The number of aryl methyl sites for hydroxylation is 1. The Kier molecular flexibility index (Phi) is 4.13. The Labute approximate surface area is 141 Å². The molecule has 0 radical (unpaired) electrons. The molecule has 1 saturated heterocycles. The Balaban J connectivity index is 1.59. The fourth-order valence-electron chi connectivity index (χ4n) is 3.01. The standard InChI is InChI=1S/C20H20N2O2/c1-14-20(22-18-7-3-2-6-17(18)21-14)15-9-11-16(12-10-15)24-19-8-4-5-13-23-19/h2-3,6-7,9-12,19H,4-5,8,13H2,1H3. The molecular weight excluding hydrogens is 300 g/mol. The number of hydrogen-bond donors (Lipinski definition) is 0. The van der Waals surface area contributed by atoms with Gasteiger partial charge in [-0.05, 0) is 56.2 Å². The molecule has 0 amide bonds. The molecule has 1 fully saturated rings. The van der Waals surface area contributed by atoms with Gasteiger partial charge < -0.3 is 9.47 Å². The SMILES string of the molecule is Cc1nc2ccccc2nc1-c1ccc(OC2CCCCO2)cc1. The van der Waals surface area contributed by atoms with E-state index in [0.29, 0.717) is 0 Å². The minimum Gasteiger partial charge on any atom is -0.465 e. The van der Waals surface area contributed by atoms with Crippen LogP contribution in [0.1, 0.15) is 25.0 Å². The van der Waals surface area contributed by atoms with Crippen molar-refractivity contribution in [3.05, 3.63) is 54.2 Å². The first-order chi connectivity index (χ1) is 11.8. The molecule has 24 heavy (non-hydrogen) atoms. The van der Waals surface area contributed by atoms with Gasteiger partial charge in [-0.3, -0.25) is 0 Å². The number of fused-ring (bicyclic) bond motifs is 1. The van der Waals surface area contributed by atoms with Crippen molar-refractivity contribution in [1.82, 2.24) is 9.97 Å². The molecule has 2 aromatic carbocycles. The van der Waals surface area contributed by atoms with Crippen LogP contribution in [0, 0.1) is 6.92 Å². The summed E-state index contributed by atoms with van der Waals surface area (Å²) in [5, 5.41) is 0. The Morgan fingerprint density at radius 3 is 2.42 bits per heavy atom. The van der Waals surface area contributed by atoms with Gasteiger partial charge in [-0.15, -0.1) is 0 Å². The van der Waals surface area contributed by atoms with Gasteiger partial charge in [0.2, 0.25) is 0 Å². The zero-order chi connectivity index (χ0) is 16.4. The topological polar surface area (TPSA) is 44.2 Å². The van der Waals surface area contributed by atoms with Gasteiger partial charge in [-0.25, -0.2) is 9.97 Å². The molecule has 1 aromatic heterocycles. The molecule has 1 unspecified atom stereocenters. The second kappa shape index (κ2) is 6.57. The van der Waals surface area contributed by atoms with E-state index in [4.69, 9.17) is 14.5 Å². The molecule has 0 spiro atoms. The van der Waals surface area contributed by atoms with E-state index in [1.807, 2.05) is 55.5 Å². The van der Waals surface area contributed by atoms with Crippen LogP contribution in [0.4, 0.5) is 0 Å². The van der Waals surface area contributed by atoms with Crippen LogP contribution in [-0.2, 0) is 4.74 Å². The number of para-hydroxylation sites is 2. The molecule has 3 aromatic rings. The van der Waals surface area contributed by atoms with Gasteiger partial charge >= 0.3 is 0 Å². The molecular formula is C20H20N2O2. The summed E-state index contributed by atoms with van der Waals surface area (Å²) < 4.78 is 11.5. The predicted molar refractivity (Wildman–Crippen MR) is 93.9 cm³/mol. The second-order valence-electron chi connectivity index (χ2n) is 6.08. The van der Waals surface area contributed by atoms with E-state index >= 15 is 0 Å². The summed E-state index contributed by atoms with van der Waals surface area (Å²) in [7, 11) is 0. The van der Waals surface area contributed by atoms with Crippen molar-refractivity contribution >= 4 is 11.0 Å². The van der Waals surface area contributed by atoms with E-state index < -0.39 is 0 Å². The summed E-state index contributed by atoms with van der Waals surface area (Å²) in [5.74, 6) is 0.831. The number of hydrogen-bond acceptors (Lipinski definition) is 4. The van der Waals surface area contributed by atoms with Gasteiger partial charge in [0.1, 0.15) is 5.75 Å². The maximum Gasteiger partial charge on any atom is 0.199 e. The van der Waals surface area contributed by atoms with Crippen molar-refractivity contribution in [2.75, 3.05) is 6.61 Å². The Hall–Kier alpha value is -2.46. The van der Waals surface area contributed by atoms with Crippen LogP contribution in [0.3, 0.4) is 0 Å². The molecule has 0 N–H and O–H groups in total. The molecule has 4 nitrogen and oxygen atoms in total. The van der Waals surface area contributed by atoms with Gasteiger partial charge in [0, 0.05) is 12.0 Å². The van der Waals surface area contributed by atoms with Crippen LogP contribution in [-0.4, -0.2) is 22.9 Å². The van der Waals surface area contributed by atoms with Gasteiger partial charge in [-0.1, -0.05) is 12.1 Å². The van der Waals surface area contributed by atoms with Gasteiger partial charge in [0.15, 0.2) is 6.29 Å². The van der Waals surface area contributed by atoms with Crippen molar-refractivity contribution in [3.63, 3.8) is 0 Å². The van der Waals surface area contributed by atoms with Crippen LogP contribution in [0.5, 0.6) is 5.75 Å².